The lowest BCUT2D eigenvalue weighted by atomic mass is 10.00. The zero-order valence-corrected chi connectivity index (χ0v) is 13.9. The van der Waals surface area contributed by atoms with Gasteiger partial charge in [-0.25, -0.2) is 4.98 Å². The fourth-order valence-corrected chi connectivity index (χ4v) is 3.06. The molecule has 1 aromatic heterocycles. The van der Waals surface area contributed by atoms with Gasteiger partial charge in [0.05, 0.1) is 11.0 Å². The van der Waals surface area contributed by atoms with E-state index in [-0.39, 0.29) is 0 Å². The first-order valence-corrected chi connectivity index (χ1v) is 8.20. The van der Waals surface area contributed by atoms with Gasteiger partial charge in [0.1, 0.15) is 5.82 Å². The highest BCUT2D eigenvalue weighted by atomic mass is 35.5. The molecule has 2 atom stereocenters. The molecule has 0 spiro atoms. The van der Waals surface area contributed by atoms with Crippen LogP contribution in [-0.4, -0.2) is 15.4 Å². The van der Waals surface area contributed by atoms with Gasteiger partial charge in [0.25, 0.3) is 0 Å². The Kier molecular flexibility index (Phi) is 5.34. The molecule has 0 aliphatic rings. The molecule has 2 nitrogen and oxygen atoms in total. The van der Waals surface area contributed by atoms with Crippen molar-refractivity contribution in [3.05, 3.63) is 29.0 Å². The number of aromatic nitrogens is 2. The summed E-state index contributed by atoms with van der Waals surface area (Å²) in [6.45, 7) is 6.80. The molecule has 0 aliphatic heterocycles. The zero-order valence-electron chi connectivity index (χ0n) is 12.4. The van der Waals surface area contributed by atoms with Crippen LogP contribution in [0.1, 0.15) is 45.5 Å². The maximum atomic E-state index is 6.07. The number of aryl methyl sites for hydroxylation is 1. The Hall–Kier alpha value is -0.730. The SMILES string of the molecule is CCC(C)CC(C)n1c(CCCl)nc2cc(Cl)ccc21. The van der Waals surface area contributed by atoms with Crippen molar-refractivity contribution in [1.82, 2.24) is 9.55 Å². The molecular formula is C16H22Cl2N2. The largest absolute Gasteiger partial charge is 0.325 e. The maximum absolute atomic E-state index is 6.07. The lowest BCUT2D eigenvalue weighted by molar-refractivity contribution is 0.397. The standard InChI is InChI=1S/C16H22Cl2N2/c1-4-11(2)9-12(3)20-15-6-5-13(18)10-14(15)19-16(20)7-8-17/h5-6,10-12H,4,7-9H2,1-3H3. The molecular weight excluding hydrogens is 291 g/mol. The Morgan fingerprint density at radius 3 is 2.70 bits per heavy atom. The molecule has 4 heteroatoms. The predicted molar refractivity (Wildman–Crippen MR) is 88.0 cm³/mol. The van der Waals surface area contributed by atoms with Gasteiger partial charge in [0.15, 0.2) is 0 Å². The van der Waals surface area contributed by atoms with Crippen LogP contribution in [0.2, 0.25) is 5.02 Å². The van der Waals surface area contributed by atoms with Crippen molar-refractivity contribution in [2.45, 2.75) is 46.1 Å². The van der Waals surface area contributed by atoms with Crippen molar-refractivity contribution in [2.24, 2.45) is 5.92 Å². The van der Waals surface area contributed by atoms with E-state index in [9.17, 15) is 0 Å². The van der Waals surface area contributed by atoms with Crippen LogP contribution in [0.5, 0.6) is 0 Å². The third-order valence-electron chi connectivity index (χ3n) is 3.92. The molecule has 2 unspecified atom stereocenters. The van der Waals surface area contributed by atoms with Crippen LogP contribution in [0.4, 0.5) is 0 Å². The van der Waals surface area contributed by atoms with Crippen LogP contribution in [0.15, 0.2) is 18.2 Å². The number of alkyl halides is 1. The van der Waals surface area contributed by atoms with Crippen LogP contribution < -0.4 is 0 Å². The normalized spacial score (nSPS) is 14.7. The van der Waals surface area contributed by atoms with Gasteiger partial charge in [-0.15, -0.1) is 11.6 Å². The lowest BCUT2D eigenvalue weighted by Gasteiger charge is -2.20. The summed E-state index contributed by atoms with van der Waals surface area (Å²) in [5.74, 6) is 2.36. The molecule has 0 amide bonds. The van der Waals surface area contributed by atoms with Gasteiger partial charge in [0.2, 0.25) is 0 Å². The summed E-state index contributed by atoms with van der Waals surface area (Å²) in [5.41, 5.74) is 2.12. The molecule has 0 fully saturated rings. The number of halogens is 2. The van der Waals surface area contributed by atoms with Crippen molar-refractivity contribution in [3.8, 4) is 0 Å². The highest BCUT2D eigenvalue weighted by Gasteiger charge is 2.17. The summed E-state index contributed by atoms with van der Waals surface area (Å²) in [6, 6.07) is 6.35. The summed E-state index contributed by atoms with van der Waals surface area (Å²) < 4.78 is 2.33. The monoisotopic (exact) mass is 312 g/mol. The fraction of sp³-hybridized carbons (Fsp3) is 0.562. The number of benzene rings is 1. The van der Waals surface area contributed by atoms with Gasteiger partial charge in [0, 0.05) is 23.4 Å². The Morgan fingerprint density at radius 2 is 2.05 bits per heavy atom. The van der Waals surface area contributed by atoms with Crippen LogP contribution in [0.3, 0.4) is 0 Å². The highest BCUT2D eigenvalue weighted by molar-refractivity contribution is 6.31. The predicted octanol–water partition coefficient (Wildman–Crippen LogP) is 5.47. The molecule has 0 aliphatic carbocycles. The van der Waals surface area contributed by atoms with Gasteiger partial charge in [-0.05, 0) is 37.5 Å². The van der Waals surface area contributed by atoms with E-state index >= 15 is 0 Å². The number of imidazole rings is 1. The number of hydrogen-bond acceptors (Lipinski definition) is 1. The van der Waals surface area contributed by atoms with Gasteiger partial charge < -0.3 is 4.57 Å². The van der Waals surface area contributed by atoms with E-state index in [4.69, 9.17) is 28.2 Å². The molecule has 20 heavy (non-hydrogen) atoms. The van der Waals surface area contributed by atoms with Crippen molar-refractivity contribution >= 4 is 34.2 Å². The molecule has 0 bridgehead atoms. The Labute approximate surface area is 131 Å². The minimum atomic E-state index is 0.425. The van der Waals surface area contributed by atoms with E-state index in [1.165, 1.54) is 6.42 Å². The molecule has 0 saturated carbocycles. The smallest absolute Gasteiger partial charge is 0.111 e. The van der Waals surface area contributed by atoms with E-state index in [1.807, 2.05) is 12.1 Å². The Bertz CT molecular complexity index is 577. The maximum Gasteiger partial charge on any atom is 0.111 e. The second-order valence-electron chi connectivity index (χ2n) is 5.57. The quantitative estimate of drug-likeness (QED) is 0.647. The number of hydrogen-bond donors (Lipinski definition) is 0. The van der Waals surface area contributed by atoms with E-state index in [2.05, 4.69) is 31.4 Å². The second kappa shape index (κ2) is 6.82. The number of fused-ring (bicyclic) bond motifs is 1. The summed E-state index contributed by atoms with van der Waals surface area (Å²) in [7, 11) is 0. The summed E-state index contributed by atoms with van der Waals surface area (Å²) in [6.07, 6.45) is 3.15. The highest BCUT2D eigenvalue weighted by Crippen LogP contribution is 2.28. The van der Waals surface area contributed by atoms with E-state index in [0.29, 0.717) is 17.8 Å². The zero-order chi connectivity index (χ0) is 14.7. The average Bonchev–Trinajstić information content (AvgIpc) is 2.76. The van der Waals surface area contributed by atoms with E-state index in [1.54, 1.807) is 0 Å². The van der Waals surface area contributed by atoms with E-state index < -0.39 is 0 Å². The first kappa shape index (κ1) is 15.7. The van der Waals surface area contributed by atoms with E-state index in [0.717, 1.165) is 34.7 Å². The van der Waals surface area contributed by atoms with Crippen molar-refractivity contribution in [3.63, 3.8) is 0 Å². The summed E-state index contributed by atoms with van der Waals surface area (Å²) >= 11 is 12.0. The van der Waals surface area contributed by atoms with Gasteiger partial charge in [-0.1, -0.05) is 31.9 Å². The summed E-state index contributed by atoms with van der Waals surface area (Å²) in [5, 5.41) is 0.731. The van der Waals surface area contributed by atoms with Crippen molar-refractivity contribution in [1.29, 1.82) is 0 Å². The average molecular weight is 313 g/mol. The Morgan fingerprint density at radius 1 is 1.30 bits per heavy atom. The van der Waals surface area contributed by atoms with Crippen LogP contribution in [0.25, 0.3) is 11.0 Å². The lowest BCUT2D eigenvalue weighted by Crippen LogP contribution is -2.13. The third-order valence-corrected chi connectivity index (χ3v) is 4.35. The molecule has 2 rings (SSSR count). The van der Waals surface area contributed by atoms with Crippen LogP contribution in [0, 0.1) is 5.92 Å². The number of nitrogens with zero attached hydrogens (tertiary/aromatic N) is 2. The van der Waals surface area contributed by atoms with Gasteiger partial charge >= 0.3 is 0 Å². The van der Waals surface area contributed by atoms with Gasteiger partial charge in [-0.2, -0.15) is 0 Å². The molecule has 0 radical (unpaired) electrons. The molecule has 110 valence electrons. The van der Waals surface area contributed by atoms with Gasteiger partial charge in [-0.3, -0.25) is 0 Å². The van der Waals surface area contributed by atoms with Crippen molar-refractivity contribution < 1.29 is 0 Å². The fourth-order valence-electron chi connectivity index (χ4n) is 2.73. The molecule has 1 heterocycles. The van der Waals surface area contributed by atoms with Crippen LogP contribution >= 0.6 is 23.2 Å². The molecule has 0 N–H and O–H groups in total. The van der Waals surface area contributed by atoms with Crippen molar-refractivity contribution in [2.75, 3.05) is 5.88 Å². The Balaban J connectivity index is 2.45. The number of rotatable bonds is 6. The first-order chi connectivity index (χ1) is 9.56. The van der Waals surface area contributed by atoms with Crippen LogP contribution in [-0.2, 0) is 6.42 Å². The first-order valence-electron chi connectivity index (χ1n) is 7.29. The molecule has 0 saturated heterocycles. The third kappa shape index (κ3) is 3.29. The molecule has 1 aromatic carbocycles. The summed E-state index contributed by atoms with van der Waals surface area (Å²) in [4.78, 5) is 4.71. The minimum absolute atomic E-state index is 0.425. The minimum Gasteiger partial charge on any atom is -0.325 e. The molecule has 2 aromatic rings. The second-order valence-corrected chi connectivity index (χ2v) is 6.38. The topological polar surface area (TPSA) is 17.8 Å².